The summed E-state index contributed by atoms with van der Waals surface area (Å²) in [4.78, 5) is 0. The van der Waals surface area contributed by atoms with Gasteiger partial charge in [-0.3, -0.25) is 0 Å². The first-order valence-electron chi connectivity index (χ1n) is 9.78. The van der Waals surface area contributed by atoms with Crippen LogP contribution in [0.1, 0.15) is 35.6 Å². The number of benzene rings is 2. The van der Waals surface area contributed by atoms with Gasteiger partial charge < -0.3 is 13.8 Å². The standard InChI is InChI=1S/C23H26NO3PS/c1-4-17-13-14-20-19(11-8-12-22(20)25-3)21(17)15-26-28(29)24-16(2)23(27-28)18-9-6-5-7-10-18/h4-14,16-17,21,23H,1,15H2,2-3H3,(H,24,29)/t16?,17-,21+,23?,28?/m0/s1. The van der Waals surface area contributed by atoms with E-state index >= 15 is 0 Å². The summed E-state index contributed by atoms with van der Waals surface area (Å²) >= 11 is 5.80. The molecule has 0 amide bonds. The number of hydrogen-bond acceptors (Lipinski definition) is 4. The van der Waals surface area contributed by atoms with Crippen LogP contribution in [0, 0.1) is 5.92 Å². The minimum atomic E-state index is -2.59. The van der Waals surface area contributed by atoms with E-state index in [1.54, 1.807) is 7.11 Å². The average molecular weight is 428 g/mol. The molecule has 0 bridgehead atoms. The van der Waals surface area contributed by atoms with Gasteiger partial charge in [0.2, 0.25) is 0 Å². The first kappa shape index (κ1) is 20.5. The van der Waals surface area contributed by atoms with Gasteiger partial charge in [0.15, 0.2) is 0 Å². The maximum atomic E-state index is 6.28. The van der Waals surface area contributed by atoms with E-state index in [4.69, 9.17) is 25.6 Å². The van der Waals surface area contributed by atoms with Gasteiger partial charge in [0.1, 0.15) is 11.9 Å². The van der Waals surface area contributed by atoms with Crippen molar-refractivity contribution in [2.24, 2.45) is 5.92 Å². The summed E-state index contributed by atoms with van der Waals surface area (Å²) in [6, 6.07) is 16.4. The number of ether oxygens (including phenoxy) is 1. The molecule has 1 saturated heterocycles. The van der Waals surface area contributed by atoms with Crippen molar-refractivity contribution in [2.75, 3.05) is 13.7 Å². The zero-order chi connectivity index (χ0) is 20.4. The molecule has 5 atom stereocenters. The van der Waals surface area contributed by atoms with Crippen LogP contribution in [0.4, 0.5) is 0 Å². The lowest BCUT2D eigenvalue weighted by Gasteiger charge is -2.30. The highest BCUT2D eigenvalue weighted by Gasteiger charge is 2.40. The Morgan fingerprint density at radius 3 is 2.72 bits per heavy atom. The summed E-state index contributed by atoms with van der Waals surface area (Å²) in [6.07, 6.45) is 6.11. The van der Waals surface area contributed by atoms with Gasteiger partial charge in [-0.05, 0) is 35.9 Å². The van der Waals surface area contributed by atoms with Crippen molar-refractivity contribution in [3.63, 3.8) is 0 Å². The molecule has 4 rings (SSSR count). The molecule has 2 aromatic rings. The van der Waals surface area contributed by atoms with Crippen molar-refractivity contribution in [2.45, 2.75) is 25.0 Å². The Bertz CT molecular complexity index is 962. The Hall–Kier alpha value is -1.75. The average Bonchev–Trinajstić information content (AvgIpc) is 3.06. The summed E-state index contributed by atoms with van der Waals surface area (Å²) in [5.74, 6) is 1.14. The smallest absolute Gasteiger partial charge is 0.262 e. The molecule has 29 heavy (non-hydrogen) atoms. The monoisotopic (exact) mass is 427 g/mol. The molecule has 1 heterocycles. The first-order valence-corrected chi connectivity index (χ1v) is 12.4. The van der Waals surface area contributed by atoms with Gasteiger partial charge in [0.05, 0.1) is 13.7 Å². The molecule has 4 nitrogen and oxygen atoms in total. The molecule has 1 N–H and O–H groups in total. The van der Waals surface area contributed by atoms with Gasteiger partial charge >= 0.3 is 0 Å². The summed E-state index contributed by atoms with van der Waals surface area (Å²) in [5, 5.41) is 3.41. The third-order valence-corrected chi connectivity index (χ3v) is 8.17. The second-order valence-corrected chi connectivity index (χ2v) is 10.6. The zero-order valence-corrected chi connectivity index (χ0v) is 18.4. The molecule has 6 heteroatoms. The first-order chi connectivity index (χ1) is 14.0. The summed E-state index contributed by atoms with van der Waals surface area (Å²) in [5.41, 5.74) is 3.39. The van der Waals surface area contributed by atoms with Crippen LogP contribution in [0.25, 0.3) is 6.08 Å². The zero-order valence-electron chi connectivity index (χ0n) is 16.7. The van der Waals surface area contributed by atoms with Crippen LogP contribution in [0.3, 0.4) is 0 Å². The van der Waals surface area contributed by atoms with Crippen LogP contribution in [-0.4, -0.2) is 19.8 Å². The molecule has 2 aliphatic rings. The third kappa shape index (κ3) is 4.11. The van der Waals surface area contributed by atoms with Crippen LogP contribution in [0.2, 0.25) is 0 Å². The van der Waals surface area contributed by atoms with Crippen molar-refractivity contribution in [3.8, 4) is 5.75 Å². The van der Waals surface area contributed by atoms with Crippen molar-refractivity contribution in [1.29, 1.82) is 0 Å². The maximum absolute atomic E-state index is 6.28. The lowest BCUT2D eigenvalue weighted by Crippen LogP contribution is -2.22. The number of nitrogens with one attached hydrogen (secondary N) is 1. The second kappa shape index (κ2) is 8.55. The molecule has 1 aliphatic heterocycles. The van der Waals surface area contributed by atoms with Gasteiger partial charge in [-0.2, -0.15) is 0 Å². The van der Waals surface area contributed by atoms with Crippen LogP contribution in [0.5, 0.6) is 5.75 Å². The van der Waals surface area contributed by atoms with Crippen molar-refractivity contribution >= 4 is 24.5 Å². The number of fused-ring (bicyclic) bond motifs is 1. The van der Waals surface area contributed by atoms with E-state index in [1.807, 2.05) is 36.4 Å². The van der Waals surface area contributed by atoms with Crippen LogP contribution >= 0.6 is 6.64 Å². The Morgan fingerprint density at radius 1 is 1.21 bits per heavy atom. The highest BCUT2D eigenvalue weighted by Crippen LogP contribution is 2.56. The molecular weight excluding hydrogens is 401 g/mol. The minimum Gasteiger partial charge on any atom is -0.496 e. The molecule has 0 radical (unpaired) electrons. The van der Waals surface area contributed by atoms with Gasteiger partial charge in [-0.15, -0.1) is 6.58 Å². The molecule has 3 unspecified atom stereocenters. The number of hydrogen-bond donors (Lipinski definition) is 1. The van der Waals surface area contributed by atoms with Crippen LogP contribution < -0.4 is 9.82 Å². The molecule has 1 aliphatic carbocycles. The summed E-state index contributed by atoms with van der Waals surface area (Å²) in [6.45, 7) is 3.97. The normalized spacial score (nSPS) is 30.7. The van der Waals surface area contributed by atoms with Crippen LogP contribution in [0.15, 0.2) is 67.3 Å². The van der Waals surface area contributed by atoms with E-state index in [1.165, 1.54) is 5.56 Å². The summed E-state index contributed by atoms with van der Waals surface area (Å²) < 4.78 is 18.1. The molecule has 1 fully saturated rings. The number of rotatable bonds is 6. The quantitative estimate of drug-likeness (QED) is 0.480. The van der Waals surface area contributed by atoms with Crippen molar-refractivity contribution < 1.29 is 13.8 Å². The molecule has 0 spiro atoms. The predicted octanol–water partition coefficient (Wildman–Crippen LogP) is 5.60. The van der Waals surface area contributed by atoms with Crippen molar-refractivity contribution in [1.82, 2.24) is 5.09 Å². The largest absolute Gasteiger partial charge is 0.496 e. The molecule has 0 aromatic heterocycles. The predicted molar refractivity (Wildman–Crippen MR) is 122 cm³/mol. The lowest BCUT2D eigenvalue weighted by atomic mass is 9.79. The lowest BCUT2D eigenvalue weighted by molar-refractivity contribution is 0.189. The highest BCUT2D eigenvalue weighted by atomic mass is 32.5. The maximum Gasteiger partial charge on any atom is 0.262 e. The Morgan fingerprint density at radius 2 is 2.00 bits per heavy atom. The minimum absolute atomic E-state index is 0.0945. The van der Waals surface area contributed by atoms with E-state index in [-0.39, 0.29) is 24.0 Å². The molecular formula is C23H26NO3PS. The van der Waals surface area contributed by atoms with Gasteiger partial charge in [0, 0.05) is 23.4 Å². The van der Waals surface area contributed by atoms with E-state index in [2.05, 4.69) is 48.9 Å². The van der Waals surface area contributed by atoms with Gasteiger partial charge in [-0.1, -0.05) is 60.7 Å². The Kier molecular flexibility index (Phi) is 6.05. The molecule has 152 valence electrons. The second-order valence-electron chi connectivity index (χ2n) is 7.39. The van der Waals surface area contributed by atoms with E-state index in [0.29, 0.717) is 6.61 Å². The SMILES string of the molecule is C=C[C@H]1C=Cc2c(OC)cccc2[C@@H]1COP1(=S)NC(C)C(c2ccccc2)O1. The molecule has 0 saturated carbocycles. The van der Waals surface area contributed by atoms with Gasteiger partial charge in [0.25, 0.3) is 6.64 Å². The fraction of sp³-hybridized carbons (Fsp3) is 0.304. The third-order valence-electron chi connectivity index (χ3n) is 5.56. The fourth-order valence-electron chi connectivity index (χ4n) is 4.06. The Labute approximate surface area is 177 Å². The molecule has 2 aromatic carbocycles. The van der Waals surface area contributed by atoms with E-state index in [9.17, 15) is 0 Å². The van der Waals surface area contributed by atoms with E-state index in [0.717, 1.165) is 16.9 Å². The highest BCUT2D eigenvalue weighted by molar-refractivity contribution is 8.09. The summed E-state index contributed by atoms with van der Waals surface area (Å²) in [7, 11) is 1.69. The van der Waals surface area contributed by atoms with Crippen molar-refractivity contribution in [3.05, 3.63) is 84.0 Å². The fourth-order valence-corrected chi connectivity index (χ4v) is 6.81. The number of methoxy groups -OCH3 is 1. The van der Waals surface area contributed by atoms with E-state index < -0.39 is 6.64 Å². The Balaban J connectivity index is 1.53. The topological polar surface area (TPSA) is 39.7 Å². The van der Waals surface area contributed by atoms with Crippen LogP contribution in [-0.2, 0) is 20.9 Å². The van der Waals surface area contributed by atoms with Gasteiger partial charge in [-0.25, -0.2) is 5.09 Å². The number of allylic oxidation sites excluding steroid dienone is 2.